The molecule has 2 rings (SSSR count). The Morgan fingerprint density at radius 3 is 2.84 bits per heavy atom. The van der Waals surface area contributed by atoms with Gasteiger partial charge in [0, 0.05) is 23.0 Å². The molecule has 1 heterocycles. The van der Waals surface area contributed by atoms with Gasteiger partial charge in [0.05, 0.1) is 6.61 Å². The largest absolute Gasteiger partial charge is 0.465 e. The summed E-state index contributed by atoms with van der Waals surface area (Å²) in [6, 6.07) is 4.92. The smallest absolute Gasteiger partial charge is 0.323 e. The second-order valence-corrected chi connectivity index (χ2v) is 6.86. The fraction of sp³-hybridized carbons (Fsp3) is 0.474. The molecule has 0 aliphatic carbocycles. The fourth-order valence-corrected chi connectivity index (χ4v) is 3.39. The lowest BCUT2D eigenvalue weighted by molar-refractivity contribution is -0.151. The Morgan fingerprint density at radius 2 is 2.12 bits per heavy atom. The van der Waals surface area contributed by atoms with E-state index in [1.807, 2.05) is 0 Å². The molecule has 1 unspecified atom stereocenters. The van der Waals surface area contributed by atoms with Crippen LogP contribution >= 0.6 is 23.2 Å². The van der Waals surface area contributed by atoms with Gasteiger partial charge >= 0.3 is 5.97 Å². The van der Waals surface area contributed by atoms with Crippen molar-refractivity contribution < 1.29 is 14.3 Å². The number of nitrogens with zero attached hydrogens (tertiary/aromatic N) is 1. The minimum atomic E-state index is -0.226. The molecule has 1 aliphatic rings. The summed E-state index contributed by atoms with van der Waals surface area (Å²) >= 11 is 11.9. The fourth-order valence-electron chi connectivity index (χ4n) is 2.92. The number of benzene rings is 1. The number of hydrogen-bond donors (Lipinski definition) is 0. The molecule has 136 valence electrons. The number of ketones is 1. The third-order valence-electron chi connectivity index (χ3n) is 4.23. The highest BCUT2D eigenvalue weighted by Crippen LogP contribution is 2.22. The maximum Gasteiger partial charge on any atom is 0.323 e. The number of carbonyl (C=O) groups is 2. The quantitative estimate of drug-likeness (QED) is 0.517. The SMILES string of the molecule is CCOC(=O)C1CCCCN1CCC(=O)C=Cc1ccc(Cl)cc1Cl. The molecule has 1 aromatic carbocycles. The topological polar surface area (TPSA) is 46.6 Å². The van der Waals surface area contributed by atoms with Crippen LogP contribution in [-0.4, -0.2) is 42.4 Å². The third-order valence-corrected chi connectivity index (χ3v) is 4.79. The van der Waals surface area contributed by atoms with Crippen LogP contribution in [0.2, 0.25) is 10.0 Å². The molecule has 0 spiro atoms. The second kappa shape index (κ2) is 9.95. The summed E-state index contributed by atoms with van der Waals surface area (Å²) in [6.07, 6.45) is 6.43. The van der Waals surface area contributed by atoms with E-state index in [1.165, 1.54) is 6.08 Å². The number of halogens is 2. The van der Waals surface area contributed by atoms with E-state index in [1.54, 1.807) is 31.2 Å². The Balaban J connectivity index is 1.89. The van der Waals surface area contributed by atoms with Crippen molar-refractivity contribution in [1.82, 2.24) is 4.90 Å². The molecule has 0 saturated carbocycles. The first-order valence-electron chi connectivity index (χ1n) is 8.58. The van der Waals surface area contributed by atoms with Crippen LogP contribution in [0.15, 0.2) is 24.3 Å². The van der Waals surface area contributed by atoms with Crippen LogP contribution in [0.25, 0.3) is 6.08 Å². The third kappa shape index (κ3) is 6.14. The van der Waals surface area contributed by atoms with Crippen molar-refractivity contribution in [3.8, 4) is 0 Å². The molecular weight excluding hydrogens is 361 g/mol. The highest BCUT2D eigenvalue weighted by Gasteiger charge is 2.29. The van der Waals surface area contributed by atoms with E-state index < -0.39 is 0 Å². The Hall–Kier alpha value is -1.36. The van der Waals surface area contributed by atoms with Gasteiger partial charge in [0.2, 0.25) is 0 Å². The van der Waals surface area contributed by atoms with Crippen molar-refractivity contribution in [2.75, 3.05) is 19.7 Å². The number of esters is 1. The molecule has 0 bridgehead atoms. The Morgan fingerprint density at radius 1 is 1.32 bits per heavy atom. The number of likely N-dealkylation sites (tertiary alicyclic amines) is 1. The van der Waals surface area contributed by atoms with Gasteiger partial charge in [0.25, 0.3) is 0 Å². The standard InChI is InChI=1S/C19H23Cl2NO3/c1-2-25-19(24)18-5-3-4-11-22(18)12-10-16(23)9-7-14-6-8-15(20)13-17(14)21/h6-9,13,18H,2-5,10-12H2,1H3. The highest BCUT2D eigenvalue weighted by atomic mass is 35.5. The minimum absolute atomic E-state index is 0.000742. The summed E-state index contributed by atoms with van der Waals surface area (Å²) in [7, 11) is 0. The number of rotatable bonds is 7. The van der Waals surface area contributed by atoms with E-state index in [-0.39, 0.29) is 17.8 Å². The normalized spacial score (nSPS) is 18.4. The molecule has 25 heavy (non-hydrogen) atoms. The predicted molar refractivity (Wildman–Crippen MR) is 101 cm³/mol. The minimum Gasteiger partial charge on any atom is -0.465 e. The molecular formula is C19H23Cl2NO3. The van der Waals surface area contributed by atoms with Crippen LogP contribution < -0.4 is 0 Å². The van der Waals surface area contributed by atoms with E-state index in [2.05, 4.69) is 4.90 Å². The summed E-state index contributed by atoms with van der Waals surface area (Å²) in [5.41, 5.74) is 0.752. The number of ether oxygens (including phenoxy) is 1. The first kappa shape index (κ1) is 20.0. The van der Waals surface area contributed by atoms with Gasteiger partial charge in [-0.05, 0) is 56.2 Å². The maximum atomic E-state index is 12.1. The first-order valence-corrected chi connectivity index (χ1v) is 9.33. The van der Waals surface area contributed by atoms with E-state index in [9.17, 15) is 9.59 Å². The lowest BCUT2D eigenvalue weighted by atomic mass is 10.0. The zero-order valence-corrected chi connectivity index (χ0v) is 15.9. The Kier molecular flexibility index (Phi) is 7.94. The molecule has 1 atom stereocenters. The van der Waals surface area contributed by atoms with Crippen molar-refractivity contribution in [3.05, 3.63) is 39.9 Å². The van der Waals surface area contributed by atoms with Gasteiger partial charge in [0.1, 0.15) is 6.04 Å². The summed E-state index contributed by atoms with van der Waals surface area (Å²) in [4.78, 5) is 26.2. The number of hydrogen-bond acceptors (Lipinski definition) is 4. The van der Waals surface area contributed by atoms with Crippen LogP contribution in [0, 0.1) is 0 Å². The number of piperidine rings is 1. The van der Waals surface area contributed by atoms with Gasteiger partial charge in [-0.1, -0.05) is 35.7 Å². The van der Waals surface area contributed by atoms with Crippen molar-refractivity contribution in [1.29, 1.82) is 0 Å². The number of carbonyl (C=O) groups excluding carboxylic acids is 2. The molecule has 0 N–H and O–H groups in total. The van der Waals surface area contributed by atoms with Crippen LogP contribution in [-0.2, 0) is 14.3 Å². The van der Waals surface area contributed by atoms with Gasteiger partial charge in [-0.2, -0.15) is 0 Å². The first-order chi connectivity index (χ1) is 12.0. The second-order valence-electron chi connectivity index (χ2n) is 6.02. The summed E-state index contributed by atoms with van der Waals surface area (Å²) in [5.74, 6) is -0.183. The molecule has 6 heteroatoms. The molecule has 1 aliphatic heterocycles. The van der Waals surface area contributed by atoms with E-state index in [0.29, 0.717) is 29.6 Å². The van der Waals surface area contributed by atoms with Crippen LogP contribution in [0.4, 0.5) is 0 Å². The van der Waals surface area contributed by atoms with Crippen molar-refractivity contribution >= 4 is 41.0 Å². The average molecular weight is 384 g/mol. The lowest BCUT2D eigenvalue weighted by Gasteiger charge is -2.33. The van der Waals surface area contributed by atoms with E-state index in [4.69, 9.17) is 27.9 Å². The zero-order valence-electron chi connectivity index (χ0n) is 14.3. The highest BCUT2D eigenvalue weighted by molar-refractivity contribution is 6.35. The van der Waals surface area contributed by atoms with Gasteiger partial charge in [0.15, 0.2) is 5.78 Å². The number of allylic oxidation sites excluding steroid dienone is 1. The molecule has 1 saturated heterocycles. The van der Waals surface area contributed by atoms with Gasteiger partial charge in [-0.25, -0.2) is 0 Å². The van der Waals surface area contributed by atoms with Crippen LogP contribution in [0.3, 0.4) is 0 Å². The summed E-state index contributed by atoms with van der Waals surface area (Å²) < 4.78 is 5.14. The van der Waals surface area contributed by atoms with Crippen molar-refractivity contribution in [2.45, 2.75) is 38.6 Å². The van der Waals surface area contributed by atoms with Crippen molar-refractivity contribution in [2.24, 2.45) is 0 Å². The van der Waals surface area contributed by atoms with Gasteiger partial charge < -0.3 is 4.74 Å². The molecule has 0 amide bonds. The summed E-state index contributed by atoms with van der Waals surface area (Å²) in [5, 5.41) is 1.07. The van der Waals surface area contributed by atoms with Crippen LogP contribution in [0.5, 0.6) is 0 Å². The van der Waals surface area contributed by atoms with Crippen molar-refractivity contribution in [3.63, 3.8) is 0 Å². The van der Waals surface area contributed by atoms with Gasteiger partial charge in [-0.3, -0.25) is 14.5 Å². The van der Waals surface area contributed by atoms with Gasteiger partial charge in [-0.15, -0.1) is 0 Å². The lowest BCUT2D eigenvalue weighted by Crippen LogP contribution is -2.46. The Bertz CT molecular complexity index is 646. The molecule has 0 aromatic heterocycles. The molecule has 0 radical (unpaired) electrons. The van der Waals surface area contributed by atoms with E-state index >= 15 is 0 Å². The van der Waals surface area contributed by atoms with E-state index in [0.717, 1.165) is 31.4 Å². The monoisotopic (exact) mass is 383 g/mol. The average Bonchev–Trinajstić information content (AvgIpc) is 2.59. The molecule has 1 fully saturated rings. The predicted octanol–water partition coefficient (Wildman–Crippen LogP) is 4.38. The maximum absolute atomic E-state index is 12.1. The van der Waals surface area contributed by atoms with Crippen LogP contribution in [0.1, 0.15) is 38.2 Å². The zero-order chi connectivity index (χ0) is 18.2. The molecule has 4 nitrogen and oxygen atoms in total. The summed E-state index contributed by atoms with van der Waals surface area (Å²) in [6.45, 7) is 3.57. The molecule has 1 aromatic rings. The Labute approximate surface area is 158 Å².